The lowest BCUT2D eigenvalue weighted by atomic mass is 10.3. The van der Waals surface area contributed by atoms with Crippen LogP contribution in [0, 0.1) is 0 Å². The van der Waals surface area contributed by atoms with Crippen LogP contribution < -0.4 is 4.74 Å². The van der Waals surface area contributed by atoms with E-state index < -0.39 is 10.8 Å². The van der Waals surface area contributed by atoms with Crippen LogP contribution in [0.3, 0.4) is 0 Å². The third-order valence-corrected chi connectivity index (χ3v) is 2.91. The maximum atomic E-state index is 11.4. The molecule has 2 rings (SSSR count). The molecule has 4 nitrogen and oxygen atoms in total. The molecule has 1 atom stereocenters. The molecule has 0 saturated heterocycles. The number of benzene rings is 1. The van der Waals surface area contributed by atoms with Gasteiger partial charge in [-0.1, -0.05) is 6.07 Å². The highest BCUT2D eigenvalue weighted by molar-refractivity contribution is 7.84. The van der Waals surface area contributed by atoms with Gasteiger partial charge in [-0.05, 0) is 12.1 Å². The second-order valence-electron chi connectivity index (χ2n) is 2.85. The van der Waals surface area contributed by atoms with Crippen LogP contribution in [0.1, 0.15) is 0 Å². The van der Waals surface area contributed by atoms with E-state index >= 15 is 0 Å². The number of hydrogen-bond acceptors (Lipinski definition) is 3. The minimum Gasteiger partial charge on any atom is -0.468 e. The molecule has 0 saturated carbocycles. The molecule has 0 aliphatic carbocycles. The fourth-order valence-electron chi connectivity index (χ4n) is 1.31. The van der Waals surface area contributed by atoms with E-state index in [2.05, 4.69) is 9.97 Å². The molecule has 0 bridgehead atoms. The molecule has 0 fully saturated rings. The zero-order valence-corrected chi connectivity index (χ0v) is 8.72. The maximum Gasteiger partial charge on any atom is 0.294 e. The van der Waals surface area contributed by atoms with E-state index in [0.717, 1.165) is 10.4 Å². The summed E-state index contributed by atoms with van der Waals surface area (Å²) in [5.74, 6) is 0. The number of para-hydroxylation sites is 1. The van der Waals surface area contributed by atoms with Gasteiger partial charge in [-0.25, -0.2) is 0 Å². The Kier molecular flexibility index (Phi) is 2.25. The summed E-state index contributed by atoms with van der Waals surface area (Å²) in [6, 6.07) is 5.97. The monoisotopic (exact) mass is 210 g/mol. The van der Waals surface area contributed by atoms with Crippen LogP contribution in [0.15, 0.2) is 23.1 Å². The van der Waals surface area contributed by atoms with Crippen molar-refractivity contribution in [3.8, 4) is 6.01 Å². The van der Waals surface area contributed by atoms with Gasteiger partial charge in [0.1, 0.15) is 5.52 Å². The molecule has 1 aromatic heterocycles. The maximum absolute atomic E-state index is 11.4. The lowest BCUT2D eigenvalue weighted by Crippen LogP contribution is -1.88. The summed E-state index contributed by atoms with van der Waals surface area (Å²) in [7, 11) is 0.512. The van der Waals surface area contributed by atoms with Gasteiger partial charge >= 0.3 is 0 Å². The molecule has 0 spiro atoms. The molecule has 74 valence electrons. The summed E-state index contributed by atoms with van der Waals surface area (Å²) in [5.41, 5.74) is 1.56. The van der Waals surface area contributed by atoms with Crippen molar-refractivity contribution < 1.29 is 8.95 Å². The van der Waals surface area contributed by atoms with Crippen molar-refractivity contribution in [3.63, 3.8) is 0 Å². The fraction of sp³-hybridized carbons (Fsp3) is 0.222. The smallest absolute Gasteiger partial charge is 0.294 e. The number of hydrogen-bond donors (Lipinski definition) is 1. The van der Waals surface area contributed by atoms with Crippen LogP contribution in [-0.2, 0) is 10.8 Å². The summed E-state index contributed by atoms with van der Waals surface area (Å²) in [6.45, 7) is 0. The average molecular weight is 210 g/mol. The number of aromatic nitrogens is 2. The van der Waals surface area contributed by atoms with Gasteiger partial charge in [-0.15, -0.1) is 0 Å². The van der Waals surface area contributed by atoms with E-state index in [4.69, 9.17) is 4.74 Å². The quantitative estimate of drug-likeness (QED) is 0.813. The largest absolute Gasteiger partial charge is 0.468 e. The van der Waals surface area contributed by atoms with Crippen LogP contribution in [0.5, 0.6) is 6.01 Å². The number of imidazole rings is 1. The topological polar surface area (TPSA) is 55.0 Å². The molecular weight excluding hydrogens is 200 g/mol. The Labute approximate surface area is 83.8 Å². The summed E-state index contributed by atoms with van der Waals surface area (Å²) in [4.78, 5) is 7.88. The van der Waals surface area contributed by atoms with Gasteiger partial charge in [0.2, 0.25) is 0 Å². The lowest BCUT2D eigenvalue weighted by molar-refractivity contribution is 0.386. The molecule has 1 N–H and O–H groups in total. The van der Waals surface area contributed by atoms with E-state index in [1.165, 1.54) is 0 Å². The molecule has 5 heteroatoms. The molecule has 0 amide bonds. The SMILES string of the molecule is COc1nc2c(S(C)=O)cccc2[nH]1. The average Bonchev–Trinajstić information content (AvgIpc) is 2.59. The Hall–Kier alpha value is -1.36. The van der Waals surface area contributed by atoms with Crippen LogP contribution in [0.4, 0.5) is 0 Å². The van der Waals surface area contributed by atoms with Gasteiger partial charge in [0, 0.05) is 6.26 Å². The van der Waals surface area contributed by atoms with Crippen molar-refractivity contribution in [3.05, 3.63) is 18.2 Å². The standard InChI is InChI=1S/C9H10N2O2S/c1-13-9-10-6-4-3-5-7(14(2)12)8(6)11-9/h3-5H,1-2H3,(H,10,11). The van der Waals surface area contributed by atoms with E-state index in [9.17, 15) is 4.21 Å². The predicted octanol–water partition coefficient (Wildman–Crippen LogP) is 1.31. The van der Waals surface area contributed by atoms with Crippen LogP contribution in [-0.4, -0.2) is 27.5 Å². The molecule has 14 heavy (non-hydrogen) atoms. The van der Waals surface area contributed by atoms with Crippen molar-refractivity contribution >= 4 is 21.8 Å². The van der Waals surface area contributed by atoms with E-state index in [1.807, 2.05) is 12.1 Å². The van der Waals surface area contributed by atoms with Gasteiger partial charge in [0.15, 0.2) is 0 Å². The molecular formula is C9H10N2O2S. The van der Waals surface area contributed by atoms with Gasteiger partial charge in [0.05, 0.1) is 28.3 Å². The van der Waals surface area contributed by atoms with E-state index in [-0.39, 0.29) is 0 Å². The van der Waals surface area contributed by atoms with Gasteiger partial charge in [0.25, 0.3) is 6.01 Å². The minimum atomic E-state index is -1.03. The first-order valence-corrected chi connectivity index (χ1v) is 5.64. The summed E-state index contributed by atoms with van der Waals surface area (Å²) >= 11 is 0. The van der Waals surface area contributed by atoms with Crippen LogP contribution in [0.2, 0.25) is 0 Å². The van der Waals surface area contributed by atoms with Crippen molar-refractivity contribution in [2.75, 3.05) is 13.4 Å². The second kappa shape index (κ2) is 3.42. The van der Waals surface area contributed by atoms with E-state index in [1.54, 1.807) is 19.4 Å². The molecule has 1 unspecified atom stereocenters. The third-order valence-electron chi connectivity index (χ3n) is 1.96. The first-order valence-electron chi connectivity index (χ1n) is 4.08. The Bertz CT molecular complexity index is 493. The summed E-state index contributed by atoms with van der Waals surface area (Å²) < 4.78 is 16.3. The lowest BCUT2D eigenvalue weighted by Gasteiger charge is -1.95. The highest BCUT2D eigenvalue weighted by Gasteiger charge is 2.09. The molecule has 0 aliphatic heterocycles. The third kappa shape index (κ3) is 1.39. The van der Waals surface area contributed by atoms with Crippen molar-refractivity contribution in [1.29, 1.82) is 0 Å². The van der Waals surface area contributed by atoms with Crippen molar-refractivity contribution in [2.45, 2.75) is 4.90 Å². The molecule has 2 aromatic rings. The zero-order valence-electron chi connectivity index (χ0n) is 7.90. The number of aromatic amines is 1. The number of nitrogens with zero attached hydrogens (tertiary/aromatic N) is 1. The van der Waals surface area contributed by atoms with Crippen molar-refractivity contribution in [1.82, 2.24) is 9.97 Å². The molecule has 0 radical (unpaired) electrons. The predicted molar refractivity (Wildman–Crippen MR) is 55.0 cm³/mol. The minimum absolute atomic E-state index is 0.443. The first kappa shape index (κ1) is 9.21. The number of ether oxygens (including phenoxy) is 1. The second-order valence-corrected chi connectivity index (χ2v) is 4.20. The zero-order chi connectivity index (χ0) is 10.1. The molecule has 1 heterocycles. The van der Waals surface area contributed by atoms with Gasteiger partial charge < -0.3 is 9.72 Å². The van der Waals surface area contributed by atoms with Gasteiger partial charge in [-0.2, -0.15) is 4.98 Å². The highest BCUT2D eigenvalue weighted by atomic mass is 32.2. The number of nitrogens with one attached hydrogen (secondary N) is 1. The highest BCUT2D eigenvalue weighted by Crippen LogP contribution is 2.21. The number of rotatable bonds is 2. The van der Waals surface area contributed by atoms with E-state index in [0.29, 0.717) is 11.5 Å². The molecule has 1 aromatic carbocycles. The Morgan fingerprint density at radius 1 is 1.50 bits per heavy atom. The van der Waals surface area contributed by atoms with Crippen molar-refractivity contribution in [2.24, 2.45) is 0 Å². The van der Waals surface area contributed by atoms with Crippen LogP contribution in [0.25, 0.3) is 11.0 Å². The summed E-state index contributed by atoms with van der Waals surface area (Å²) in [6.07, 6.45) is 1.63. The Morgan fingerprint density at radius 3 is 2.93 bits per heavy atom. The summed E-state index contributed by atoms with van der Waals surface area (Å²) in [5, 5.41) is 0. The number of fused-ring (bicyclic) bond motifs is 1. The first-order chi connectivity index (χ1) is 6.72. The fourth-order valence-corrected chi connectivity index (χ4v) is 2.01. The van der Waals surface area contributed by atoms with Crippen LogP contribution >= 0.6 is 0 Å². The number of H-pyrrole nitrogens is 1. The normalized spacial score (nSPS) is 13.0. The number of methoxy groups -OCH3 is 1. The molecule has 0 aliphatic rings. The Morgan fingerprint density at radius 2 is 2.29 bits per heavy atom. The Balaban J connectivity index is 2.73. The van der Waals surface area contributed by atoms with Gasteiger partial charge in [-0.3, -0.25) is 4.21 Å².